The summed E-state index contributed by atoms with van der Waals surface area (Å²) in [5, 5.41) is 3.35. The summed E-state index contributed by atoms with van der Waals surface area (Å²) in [5.41, 5.74) is 3.09. The topological polar surface area (TPSA) is 72.8 Å². The van der Waals surface area contributed by atoms with Gasteiger partial charge in [0.15, 0.2) is 5.82 Å². The molecule has 0 bridgehead atoms. The molecule has 0 amide bonds. The Morgan fingerprint density at radius 2 is 2.05 bits per heavy atom. The molecule has 0 saturated heterocycles. The number of nitrogens with zero attached hydrogens (tertiary/aromatic N) is 4. The van der Waals surface area contributed by atoms with E-state index in [1.807, 2.05) is 0 Å². The number of methoxy groups -OCH3 is 1. The van der Waals surface area contributed by atoms with E-state index in [1.54, 1.807) is 13.2 Å². The fourth-order valence-corrected chi connectivity index (χ4v) is 2.60. The number of aromatic nitrogens is 4. The van der Waals surface area contributed by atoms with E-state index in [0.29, 0.717) is 17.4 Å². The van der Waals surface area contributed by atoms with Gasteiger partial charge in [0.05, 0.1) is 7.11 Å². The molecule has 0 fully saturated rings. The van der Waals surface area contributed by atoms with Crippen molar-refractivity contribution in [1.82, 2.24) is 19.9 Å². The average molecular weight is 285 g/mol. The van der Waals surface area contributed by atoms with E-state index in [0.717, 1.165) is 30.9 Å². The van der Waals surface area contributed by atoms with Gasteiger partial charge in [-0.15, -0.1) is 0 Å². The van der Waals surface area contributed by atoms with E-state index in [2.05, 4.69) is 27.2 Å². The first-order valence-corrected chi connectivity index (χ1v) is 7.32. The molecule has 0 aliphatic heterocycles. The van der Waals surface area contributed by atoms with Crippen LogP contribution in [0.3, 0.4) is 0 Å². The molecule has 21 heavy (non-hydrogen) atoms. The van der Waals surface area contributed by atoms with Crippen molar-refractivity contribution in [3.63, 3.8) is 0 Å². The van der Waals surface area contributed by atoms with Crippen LogP contribution in [0.5, 0.6) is 5.88 Å². The molecule has 0 saturated carbocycles. The molecule has 0 spiro atoms. The first-order chi connectivity index (χ1) is 10.3. The zero-order valence-electron chi connectivity index (χ0n) is 12.4. The highest BCUT2D eigenvalue weighted by atomic mass is 16.5. The summed E-state index contributed by atoms with van der Waals surface area (Å²) in [5.74, 6) is 2.09. The highest BCUT2D eigenvalue weighted by Gasteiger charge is 2.18. The van der Waals surface area contributed by atoms with Crippen molar-refractivity contribution in [3.8, 4) is 17.4 Å². The van der Waals surface area contributed by atoms with Crippen LogP contribution in [0.1, 0.15) is 31.0 Å². The van der Waals surface area contributed by atoms with Crippen LogP contribution in [0.4, 0.5) is 5.82 Å². The largest absolute Gasteiger partial charge is 0.481 e. The zero-order chi connectivity index (χ0) is 14.7. The second kappa shape index (κ2) is 6.03. The summed E-state index contributed by atoms with van der Waals surface area (Å²) < 4.78 is 5.14. The van der Waals surface area contributed by atoms with E-state index in [-0.39, 0.29) is 0 Å². The van der Waals surface area contributed by atoms with Crippen molar-refractivity contribution in [1.29, 1.82) is 0 Å². The summed E-state index contributed by atoms with van der Waals surface area (Å²) in [6.07, 6.45) is 5.91. The molecular weight excluding hydrogens is 266 g/mol. The maximum atomic E-state index is 5.14. The highest BCUT2D eigenvalue weighted by Crippen LogP contribution is 2.28. The Bertz CT molecular complexity index is 644. The van der Waals surface area contributed by atoms with Crippen molar-refractivity contribution in [3.05, 3.63) is 23.7 Å². The van der Waals surface area contributed by atoms with Crippen molar-refractivity contribution in [2.45, 2.75) is 32.6 Å². The Labute approximate surface area is 124 Å². The van der Waals surface area contributed by atoms with Gasteiger partial charge in [-0.25, -0.2) is 19.9 Å². The Morgan fingerprint density at radius 1 is 1.19 bits per heavy atom. The maximum absolute atomic E-state index is 5.14. The summed E-state index contributed by atoms with van der Waals surface area (Å²) in [7, 11) is 1.59. The van der Waals surface area contributed by atoms with E-state index in [9.17, 15) is 0 Å². The molecule has 2 heterocycles. The molecule has 0 atom stereocenters. The second-order valence-corrected chi connectivity index (χ2v) is 5.00. The lowest BCUT2D eigenvalue weighted by atomic mass is 9.96. The van der Waals surface area contributed by atoms with Gasteiger partial charge < -0.3 is 10.1 Å². The lowest BCUT2D eigenvalue weighted by Crippen LogP contribution is -2.13. The first kappa shape index (κ1) is 13.7. The van der Waals surface area contributed by atoms with Crippen LogP contribution >= 0.6 is 0 Å². The fourth-order valence-electron chi connectivity index (χ4n) is 2.60. The standard InChI is InChI=1S/C15H19N5O/c1-3-16-14-10-6-4-5-7-11(10)19-15(20-14)12-8-13(21-2)18-9-17-12/h8-9H,3-7H2,1-2H3,(H,16,19,20). The lowest BCUT2D eigenvalue weighted by molar-refractivity contribution is 0.397. The SMILES string of the molecule is CCNc1nc(-c2cc(OC)ncn2)nc2c1CCCC2. The van der Waals surface area contributed by atoms with E-state index < -0.39 is 0 Å². The van der Waals surface area contributed by atoms with Crippen LogP contribution in [-0.2, 0) is 12.8 Å². The van der Waals surface area contributed by atoms with Gasteiger partial charge in [0, 0.05) is 23.9 Å². The minimum Gasteiger partial charge on any atom is -0.481 e. The van der Waals surface area contributed by atoms with Gasteiger partial charge in [-0.3, -0.25) is 0 Å². The third kappa shape index (κ3) is 2.79. The molecule has 1 aliphatic rings. The number of nitrogens with one attached hydrogen (secondary N) is 1. The molecule has 0 radical (unpaired) electrons. The van der Waals surface area contributed by atoms with E-state index >= 15 is 0 Å². The number of hydrogen-bond acceptors (Lipinski definition) is 6. The number of hydrogen-bond donors (Lipinski definition) is 1. The lowest BCUT2D eigenvalue weighted by Gasteiger charge is -2.19. The predicted octanol–water partition coefficient (Wildman–Crippen LogP) is 2.25. The average Bonchev–Trinajstić information content (AvgIpc) is 2.55. The molecular formula is C15H19N5O. The monoisotopic (exact) mass is 285 g/mol. The number of ether oxygens (including phenoxy) is 1. The predicted molar refractivity (Wildman–Crippen MR) is 80.4 cm³/mol. The van der Waals surface area contributed by atoms with E-state index in [4.69, 9.17) is 9.72 Å². The maximum Gasteiger partial charge on any atom is 0.216 e. The normalized spacial score (nSPS) is 13.6. The number of anilines is 1. The molecule has 110 valence electrons. The van der Waals surface area contributed by atoms with Crippen LogP contribution in [0.15, 0.2) is 12.4 Å². The molecule has 0 unspecified atom stereocenters. The minimum absolute atomic E-state index is 0.520. The van der Waals surface area contributed by atoms with Crippen LogP contribution in [0.25, 0.3) is 11.5 Å². The molecule has 6 nitrogen and oxygen atoms in total. The third-order valence-corrected chi connectivity index (χ3v) is 3.61. The van der Waals surface area contributed by atoms with Gasteiger partial charge in [0.2, 0.25) is 5.88 Å². The highest BCUT2D eigenvalue weighted by molar-refractivity contribution is 5.57. The Balaban J connectivity index is 2.07. The molecule has 2 aromatic rings. The number of rotatable bonds is 4. The van der Waals surface area contributed by atoms with Crippen molar-refractivity contribution >= 4 is 5.82 Å². The summed E-state index contributed by atoms with van der Waals surface area (Å²) in [6, 6.07) is 1.76. The molecule has 0 aromatic carbocycles. The molecule has 2 aromatic heterocycles. The minimum atomic E-state index is 0.520. The van der Waals surface area contributed by atoms with Crippen molar-refractivity contribution in [2.24, 2.45) is 0 Å². The van der Waals surface area contributed by atoms with Gasteiger partial charge in [0.25, 0.3) is 0 Å². The quantitative estimate of drug-likeness (QED) is 0.929. The Hall–Kier alpha value is -2.24. The Kier molecular flexibility index (Phi) is 3.94. The summed E-state index contributed by atoms with van der Waals surface area (Å²) >= 11 is 0. The van der Waals surface area contributed by atoms with Gasteiger partial charge >= 0.3 is 0 Å². The molecule has 3 rings (SSSR count). The summed E-state index contributed by atoms with van der Waals surface area (Å²) in [4.78, 5) is 17.6. The number of aryl methyl sites for hydroxylation is 1. The summed E-state index contributed by atoms with van der Waals surface area (Å²) in [6.45, 7) is 2.92. The fraction of sp³-hybridized carbons (Fsp3) is 0.467. The first-order valence-electron chi connectivity index (χ1n) is 7.32. The van der Waals surface area contributed by atoms with Crippen LogP contribution in [-0.4, -0.2) is 33.6 Å². The zero-order valence-corrected chi connectivity index (χ0v) is 12.4. The van der Waals surface area contributed by atoms with Crippen LogP contribution in [0, 0.1) is 0 Å². The van der Waals surface area contributed by atoms with Crippen molar-refractivity contribution in [2.75, 3.05) is 19.0 Å². The van der Waals surface area contributed by atoms with Gasteiger partial charge in [0.1, 0.15) is 17.8 Å². The molecule has 1 aliphatic carbocycles. The Morgan fingerprint density at radius 3 is 2.86 bits per heavy atom. The third-order valence-electron chi connectivity index (χ3n) is 3.61. The smallest absolute Gasteiger partial charge is 0.216 e. The van der Waals surface area contributed by atoms with E-state index in [1.165, 1.54) is 24.7 Å². The number of fused-ring (bicyclic) bond motifs is 1. The van der Waals surface area contributed by atoms with Gasteiger partial charge in [-0.2, -0.15) is 0 Å². The van der Waals surface area contributed by atoms with Crippen LogP contribution in [0.2, 0.25) is 0 Å². The van der Waals surface area contributed by atoms with Gasteiger partial charge in [-0.05, 0) is 32.6 Å². The molecule has 1 N–H and O–H groups in total. The molecule has 6 heteroatoms. The second-order valence-electron chi connectivity index (χ2n) is 5.00. The van der Waals surface area contributed by atoms with Crippen LogP contribution < -0.4 is 10.1 Å². The van der Waals surface area contributed by atoms with Gasteiger partial charge in [-0.1, -0.05) is 0 Å². The van der Waals surface area contributed by atoms with Crippen molar-refractivity contribution < 1.29 is 4.74 Å².